The largest absolute Gasteiger partial charge is 0.463 e. The number of rotatable bonds is 7. The molecule has 0 atom stereocenters. The van der Waals surface area contributed by atoms with Crippen molar-refractivity contribution in [3.63, 3.8) is 0 Å². The van der Waals surface area contributed by atoms with Crippen molar-refractivity contribution >= 4 is 5.95 Å². The van der Waals surface area contributed by atoms with E-state index in [1.807, 2.05) is 6.92 Å². The van der Waals surface area contributed by atoms with Gasteiger partial charge in [-0.2, -0.15) is 31.9 Å². The minimum absolute atomic E-state index is 0.0820. The second-order valence-electron chi connectivity index (χ2n) is 3.81. The van der Waals surface area contributed by atoms with E-state index in [1.165, 1.54) is 7.05 Å². The first kappa shape index (κ1) is 17.1. The zero-order valence-electron chi connectivity index (χ0n) is 11.2. The molecular weight excluding hydrogens is 303 g/mol. The molecular formula is C10H13F5N4O2. The van der Waals surface area contributed by atoms with E-state index in [1.54, 1.807) is 0 Å². The molecule has 0 aliphatic heterocycles. The maximum absolute atomic E-state index is 12.7. The molecule has 0 spiro atoms. The summed E-state index contributed by atoms with van der Waals surface area (Å²) in [4.78, 5) is 10.7. The SMILES string of the molecule is CCCOc1nc(NC)nc(OCC(F)(F)C(F)(F)F)n1. The molecule has 120 valence electrons. The first-order chi connectivity index (χ1) is 9.69. The molecule has 0 saturated heterocycles. The Labute approximate surface area is 116 Å². The smallest absolute Gasteiger partial charge is 0.456 e. The Balaban J connectivity index is 2.83. The average molecular weight is 316 g/mol. The van der Waals surface area contributed by atoms with Crippen molar-refractivity contribution in [3.05, 3.63) is 0 Å². The molecule has 0 radical (unpaired) electrons. The monoisotopic (exact) mass is 316 g/mol. The molecule has 0 bridgehead atoms. The number of alkyl halides is 5. The third-order valence-corrected chi connectivity index (χ3v) is 2.05. The highest BCUT2D eigenvalue weighted by atomic mass is 19.4. The lowest BCUT2D eigenvalue weighted by Crippen LogP contribution is -2.42. The van der Waals surface area contributed by atoms with Crippen molar-refractivity contribution in [2.24, 2.45) is 0 Å². The highest BCUT2D eigenvalue weighted by Gasteiger charge is 2.58. The first-order valence-corrected chi connectivity index (χ1v) is 5.83. The van der Waals surface area contributed by atoms with Crippen LogP contribution in [0.4, 0.5) is 27.9 Å². The van der Waals surface area contributed by atoms with Crippen LogP contribution in [-0.2, 0) is 0 Å². The van der Waals surface area contributed by atoms with Gasteiger partial charge in [0.25, 0.3) is 0 Å². The Morgan fingerprint density at radius 3 is 2.05 bits per heavy atom. The second-order valence-corrected chi connectivity index (χ2v) is 3.81. The fourth-order valence-corrected chi connectivity index (χ4v) is 1.01. The number of hydrogen-bond donors (Lipinski definition) is 1. The quantitative estimate of drug-likeness (QED) is 0.778. The number of ether oxygens (including phenoxy) is 2. The van der Waals surface area contributed by atoms with Crippen LogP contribution < -0.4 is 14.8 Å². The molecule has 0 aliphatic carbocycles. The Kier molecular flexibility index (Phi) is 5.44. The van der Waals surface area contributed by atoms with Gasteiger partial charge < -0.3 is 14.8 Å². The van der Waals surface area contributed by atoms with Crippen LogP contribution in [0, 0.1) is 0 Å². The van der Waals surface area contributed by atoms with Crippen molar-refractivity contribution in [1.82, 2.24) is 15.0 Å². The van der Waals surface area contributed by atoms with E-state index >= 15 is 0 Å². The van der Waals surface area contributed by atoms with E-state index in [0.29, 0.717) is 6.42 Å². The van der Waals surface area contributed by atoms with Crippen molar-refractivity contribution < 1.29 is 31.4 Å². The minimum atomic E-state index is -5.71. The van der Waals surface area contributed by atoms with E-state index < -0.39 is 24.7 Å². The van der Waals surface area contributed by atoms with Gasteiger partial charge in [0.1, 0.15) is 0 Å². The third kappa shape index (κ3) is 4.83. The third-order valence-electron chi connectivity index (χ3n) is 2.05. The molecule has 6 nitrogen and oxygen atoms in total. The van der Waals surface area contributed by atoms with Gasteiger partial charge in [0.2, 0.25) is 5.95 Å². The highest BCUT2D eigenvalue weighted by molar-refractivity contribution is 5.26. The van der Waals surface area contributed by atoms with Crippen molar-refractivity contribution in [2.75, 3.05) is 25.6 Å². The topological polar surface area (TPSA) is 69.2 Å². The van der Waals surface area contributed by atoms with Gasteiger partial charge in [0, 0.05) is 7.05 Å². The lowest BCUT2D eigenvalue weighted by molar-refractivity contribution is -0.290. The van der Waals surface area contributed by atoms with Gasteiger partial charge in [-0.25, -0.2) is 0 Å². The maximum Gasteiger partial charge on any atom is 0.456 e. The normalized spacial score (nSPS) is 12.1. The van der Waals surface area contributed by atoms with Gasteiger partial charge in [-0.3, -0.25) is 0 Å². The Bertz CT molecular complexity index is 469. The number of halogens is 5. The van der Waals surface area contributed by atoms with Crippen LogP contribution in [0.25, 0.3) is 0 Å². The van der Waals surface area contributed by atoms with E-state index in [4.69, 9.17) is 4.74 Å². The average Bonchev–Trinajstić information content (AvgIpc) is 2.41. The summed E-state index contributed by atoms with van der Waals surface area (Å²) in [6, 6.07) is -0.925. The number of aromatic nitrogens is 3. The molecule has 0 aliphatic rings. The van der Waals surface area contributed by atoms with Crippen molar-refractivity contribution in [3.8, 4) is 12.0 Å². The molecule has 11 heteroatoms. The molecule has 0 amide bonds. The molecule has 21 heavy (non-hydrogen) atoms. The van der Waals surface area contributed by atoms with E-state index in [0.717, 1.165) is 0 Å². The molecule has 0 aromatic carbocycles. The standard InChI is InChI=1S/C10H13F5N4O2/c1-3-4-20-7-17-6(16-2)18-8(19-7)21-5-9(11,12)10(13,14)15/h3-5H2,1-2H3,(H,16,17,18,19). The fraction of sp³-hybridized carbons (Fsp3) is 0.700. The predicted molar refractivity (Wildman–Crippen MR) is 61.7 cm³/mol. The summed E-state index contributed by atoms with van der Waals surface area (Å²) < 4.78 is 70.8. The van der Waals surface area contributed by atoms with Gasteiger partial charge in [-0.15, -0.1) is 4.98 Å². The van der Waals surface area contributed by atoms with E-state index in [9.17, 15) is 22.0 Å². The van der Waals surface area contributed by atoms with Crippen molar-refractivity contribution in [2.45, 2.75) is 25.4 Å². The van der Waals surface area contributed by atoms with Crippen LogP contribution in [0.15, 0.2) is 0 Å². The predicted octanol–water partition coefficient (Wildman–Crippen LogP) is 2.28. The molecule has 0 saturated carbocycles. The maximum atomic E-state index is 12.7. The van der Waals surface area contributed by atoms with E-state index in [2.05, 4.69) is 25.0 Å². The van der Waals surface area contributed by atoms with Gasteiger partial charge in [-0.05, 0) is 6.42 Å². The van der Waals surface area contributed by atoms with Crippen LogP contribution in [0.1, 0.15) is 13.3 Å². The number of hydrogen-bond acceptors (Lipinski definition) is 6. The summed E-state index contributed by atoms with van der Waals surface area (Å²) in [5.74, 6) is -5.09. The zero-order chi connectivity index (χ0) is 16.1. The van der Waals surface area contributed by atoms with Crippen LogP contribution >= 0.6 is 0 Å². The minimum Gasteiger partial charge on any atom is -0.463 e. The summed E-state index contributed by atoms with van der Waals surface area (Å²) >= 11 is 0. The summed E-state index contributed by atoms with van der Waals surface area (Å²) in [5.41, 5.74) is 0. The molecule has 0 fully saturated rings. The van der Waals surface area contributed by atoms with Gasteiger partial charge >= 0.3 is 24.1 Å². The molecule has 1 N–H and O–H groups in total. The second kappa shape index (κ2) is 6.68. The van der Waals surface area contributed by atoms with Gasteiger partial charge in [0.05, 0.1) is 6.61 Å². The molecule has 0 unspecified atom stereocenters. The number of anilines is 1. The van der Waals surface area contributed by atoms with Crippen LogP contribution in [-0.4, -0.2) is 47.3 Å². The lowest BCUT2D eigenvalue weighted by atomic mass is 10.3. The van der Waals surface area contributed by atoms with Crippen LogP contribution in [0.3, 0.4) is 0 Å². The molecule has 1 aromatic heterocycles. The first-order valence-electron chi connectivity index (χ1n) is 5.83. The number of nitrogens with zero attached hydrogens (tertiary/aromatic N) is 3. The fourth-order valence-electron chi connectivity index (χ4n) is 1.01. The highest BCUT2D eigenvalue weighted by Crippen LogP contribution is 2.35. The van der Waals surface area contributed by atoms with Gasteiger partial charge in [0.15, 0.2) is 6.61 Å². The summed E-state index contributed by atoms with van der Waals surface area (Å²) in [5, 5.41) is 2.48. The van der Waals surface area contributed by atoms with Crippen LogP contribution in [0.2, 0.25) is 0 Å². The summed E-state index contributed by atoms with van der Waals surface area (Å²) in [6.07, 6.45) is -5.09. The summed E-state index contributed by atoms with van der Waals surface area (Å²) in [7, 11) is 1.42. The molecule has 1 aromatic rings. The number of nitrogens with one attached hydrogen (secondary N) is 1. The Hall–Kier alpha value is -1.94. The molecule has 1 heterocycles. The van der Waals surface area contributed by atoms with Gasteiger partial charge in [-0.1, -0.05) is 6.92 Å². The summed E-state index contributed by atoms with van der Waals surface area (Å²) in [6.45, 7) is 0.115. The van der Waals surface area contributed by atoms with Crippen LogP contribution in [0.5, 0.6) is 12.0 Å². The Morgan fingerprint density at radius 1 is 1.00 bits per heavy atom. The Morgan fingerprint density at radius 2 is 1.57 bits per heavy atom. The molecule has 1 rings (SSSR count). The van der Waals surface area contributed by atoms with E-state index in [-0.39, 0.29) is 18.6 Å². The zero-order valence-corrected chi connectivity index (χ0v) is 11.2. The lowest BCUT2D eigenvalue weighted by Gasteiger charge is -2.19. The van der Waals surface area contributed by atoms with Crippen molar-refractivity contribution in [1.29, 1.82) is 0 Å².